The van der Waals surface area contributed by atoms with Crippen LogP contribution >= 0.6 is 0 Å². The van der Waals surface area contributed by atoms with Crippen molar-refractivity contribution in [3.63, 3.8) is 0 Å². The van der Waals surface area contributed by atoms with Crippen molar-refractivity contribution < 1.29 is 43.1 Å². The summed E-state index contributed by atoms with van der Waals surface area (Å²) >= 11 is 0. The van der Waals surface area contributed by atoms with E-state index in [1.54, 1.807) is 0 Å². The minimum atomic E-state index is -4.67. The first-order valence-electron chi connectivity index (χ1n) is 6.52. The van der Waals surface area contributed by atoms with Crippen molar-refractivity contribution in [2.24, 2.45) is 43.3 Å². The number of nitrogens with zero attached hydrogens (tertiary/aromatic N) is 4. The van der Waals surface area contributed by atoms with Crippen LogP contribution < -0.4 is 22.9 Å². The first kappa shape index (κ1) is 26.8. The second-order valence-corrected chi connectivity index (χ2v) is 5.34. The molecule has 17 nitrogen and oxygen atoms in total. The quantitative estimate of drug-likeness (QED) is 0.0756. The standard InChI is InChI=1S/C9H20N8O5.H2O4S/c10-8(11)16-14-1-3(15-17-9(12)13)5(20)7(22)6(21)4(19)2-18;1-5(2,3)4/h1,4-7,18-22H,2H2,(H4,10,11,16)(H4,12,13,17);(H2,1,2,3,4)/t4-,5+,6+,7-;/m1./s1. The van der Waals surface area contributed by atoms with Crippen molar-refractivity contribution in [1.29, 1.82) is 0 Å². The highest BCUT2D eigenvalue weighted by Gasteiger charge is 2.32. The van der Waals surface area contributed by atoms with Gasteiger partial charge in [0.05, 0.1) is 12.8 Å². The molecule has 158 valence electrons. The fourth-order valence-corrected chi connectivity index (χ4v) is 1.13. The molecule has 0 heterocycles. The Morgan fingerprint density at radius 1 is 0.889 bits per heavy atom. The third-order valence-electron chi connectivity index (χ3n) is 2.20. The number of guanidine groups is 2. The maximum atomic E-state index is 9.88. The molecule has 0 aromatic heterocycles. The van der Waals surface area contributed by atoms with Gasteiger partial charge >= 0.3 is 10.4 Å². The minimum absolute atomic E-state index is 0.386. The van der Waals surface area contributed by atoms with Gasteiger partial charge < -0.3 is 48.5 Å². The van der Waals surface area contributed by atoms with Crippen molar-refractivity contribution in [3.8, 4) is 0 Å². The monoisotopic (exact) mass is 418 g/mol. The third kappa shape index (κ3) is 15.5. The lowest BCUT2D eigenvalue weighted by atomic mass is 10.0. The summed E-state index contributed by atoms with van der Waals surface area (Å²) in [5.41, 5.74) is 19.8. The van der Waals surface area contributed by atoms with Gasteiger partial charge in [0.15, 0.2) is 0 Å². The van der Waals surface area contributed by atoms with Crippen molar-refractivity contribution in [3.05, 3.63) is 0 Å². The number of hydrogen-bond donors (Lipinski definition) is 11. The summed E-state index contributed by atoms with van der Waals surface area (Å²) < 4.78 is 31.6. The first-order chi connectivity index (χ1) is 12.2. The molecule has 0 saturated heterocycles. The maximum absolute atomic E-state index is 9.88. The zero-order chi connectivity index (χ0) is 21.8. The van der Waals surface area contributed by atoms with E-state index < -0.39 is 53.1 Å². The summed E-state index contributed by atoms with van der Waals surface area (Å²) in [5, 5.41) is 60.3. The predicted molar refractivity (Wildman–Crippen MR) is 92.8 cm³/mol. The normalized spacial score (nSPS) is 16.5. The second-order valence-electron chi connectivity index (χ2n) is 4.44. The van der Waals surface area contributed by atoms with Crippen LogP contribution in [0.3, 0.4) is 0 Å². The molecular formula is C9H22N8O9S. The number of rotatable bonds is 8. The van der Waals surface area contributed by atoms with Gasteiger partial charge in [-0.1, -0.05) is 0 Å². The highest BCUT2D eigenvalue weighted by Crippen LogP contribution is 2.07. The van der Waals surface area contributed by atoms with Gasteiger partial charge in [-0.3, -0.25) is 9.11 Å². The van der Waals surface area contributed by atoms with E-state index in [1.807, 2.05) is 0 Å². The highest BCUT2D eigenvalue weighted by atomic mass is 32.3. The van der Waals surface area contributed by atoms with Crippen LogP contribution in [0.4, 0.5) is 0 Å². The average Bonchev–Trinajstić information content (AvgIpc) is 2.53. The molecule has 0 amide bonds. The van der Waals surface area contributed by atoms with Crippen LogP contribution in [-0.4, -0.2) is 97.9 Å². The summed E-state index contributed by atoms with van der Waals surface area (Å²) in [6, 6.07) is 0. The Labute approximate surface area is 152 Å². The topological polar surface area (TPSA) is 329 Å². The zero-order valence-corrected chi connectivity index (χ0v) is 14.4. The molecule has 0 saturated carbocycles. The Kier molecular flexibility index (Phi) is 12.7. The lowest BCUT2D eigenvalue weighted by molar-refractivity contribution is -0.100. The van der Waals surface area contributed by atoms with Crippen molar-refractivity contribution in [2.75, 3.05) is 6.61 Å². The van der Waals surface area contributed by atoms with E-state index in [1.165, 1.54) is 0 Å². The fourth-order valence-electron chi connectivity index (χ4n) is 1.13. The van der Waals surface area contributed by atoms with E-state index in [9.17, 15) is 20.4 Å². The van der Waals surface area contributed by atoms with Crippen LogP contribution in [0.1, 0.15) is 0 Å². The molecule has 4 atom stereocenters. The number of aliphatic hydroxyl groups excluding tert-OH is 5. The van der Waals surface area contributed by atoms with E-state index in [4.69, 9.17) is 45.6 Å². The van der Waals surface area contributed by atoms with Crippen molar-refractivity contribution >= 4 is 34.2 Å². The van der Waals surface area contributed by atoms with Gasteiger partial charge in [-0.15, -0.1) is 15.3 Å². The van der Waals surface area contributed by atoms with Crippen molar-refractivity contribution in [2.45, 2.75) is 24.4 Å². The molecule has 0 spiro atoms. The Balaban J connectivity index is 0. The van der Waals surface area contributed by atoms with E-state index >= 15 is 0 Å². The van der Waals surface area contributed by atoms with Gasteiger partial charge in [0, 0.05) is 0 Å². The molecule has 15 N–H and O–H groups in total. The summed E-state index contributed by atoms with van der Waals surface area (Å²) in [7, 11) is -4.67. The third-order valence-corrected chi connectivity index (χ3v) is 2.20. The van der Waals surface area contributed by atoms with Crippen LogP contribution in [0, 0.1) is 0 Å². The van der Waals surface area contributed by atoms with Crippen LogP contribution in [0.5, 0.6) is 0 Å². The van der Waals surface area contributed by atoms with Gasteiger partial charge in [0.2, 0.25) is 11.9 Å². The van der Waals surface area contributed by atoms with Crippen LogP contribution in [-0.2, 0) is 10.4 Å². The van der Waals surface area contributed by atoms with Gasteiger partial charge in [0.25, 0.3) is 0 Å². The van der Waals surface area contributed by atoms with Crippen LogP contribution in [0.2, 0.25) is 0 Å². The van der Waals surface area contributed by atoms with E-state index in [-0.39, 0.29) is 5.96 Å². The summed E-state index contributed by atoms with van der Waals surface area (Å²) in [6.45, 7) is -0.840. The van der Waals surface area contributed by atoms with Crippen molar-refractivity contribution in [1.82, 2.24) is 0 Å². The minimum Gasteiger partial charge on any atom is -0.394 e. The van der Waals surface area contributed by atoms with Gasteiger partial charge in [-0.2, -0.15) is 13.5 Å². The molecule has 0 unspecified atom stereocenters. The van der Waals surface area contributed by atoms with Crippen LogP contribution in [0.25, 0.3) is 0 Å². The van der Waals surface area contributed by atoms with Gasteiger partial charge in [-0.05, 0) is 0 Å². The lowest BCUT2D eigenvalue weighted by Gasteiger charge is -2.25. The molecule has 18 heteroatoms. The molecule has 0 aliphatic rings. The SMILES string of the molecule is NC(N)=NN=CC(=NN=C(N)N)[C@H](O)[C@@H](O)[C@@H](O)[C@H](O)CO.O=S(=O)(O)O. The summed E-state index contributed by atoms with van der Waals surface area (Å²) in [5.74, 6) is -0.839. The maximum Gasteiger partial charge on any atom is 0.394 e. The molecule has 0 rings (SSSR count). The predicted octanol–water partition coefficient (Wildman–Crippen LogP) is -6.34. The van der Waals surface area contributed by atoms with E-state index in [2.05, 4.69) is 20.4 Å². The molecule has 27 heavy (non-hydrogen) atoms. The molecule has 0 aromatic rings. The Morgan fingerprint density at radius 2 is 1.33 bits per heavy atom. The van der Waals surface area contributed by atoms with E-state index in [0.717, 1.165) is 6.21 Å². The molecule has 0 aliphatic carbocycles. The zero-order valence-electron chi connectivity index (χ0n) is 13.5. The molecule has 0 bridgehead atoms. The number of aliphatic hydroxyl groups is 5. The Hall–Kier alpha value is -2.45. The van der Waals surface area contributed by atoms with Crippen LogP contribution in [0.15, 0.2) is 20.4 Å². The van der Waals surface area contributed by atoms with E-state index in [0.29, 0.717) is 0 Å². The Bertz CT molecular complexity index is 648. The molecule has 0 radical (unpaired) electrons. The molecule has 0 aromatic carbocycles. The molecule has 0 fully saturated rings. The largest absolute Gasteiger partial charge is 0.394 e. The second kappa shape index (κ2) is 12.8. The van der Waals surface area contributed by atoms with Gasteiger partial charge in [0.1, 0.15) is 30.1 Å². The molecule has 0 aliphatic heterocycles. The first-order valence-corrected chi connectivity index (χ1v) is 7.91. The van der Waals surface area contributed by atoms with Gasteiger partial charge in [-0.25, -0.2) is 0 Å². The average molecular weight is 418 g/mol. The fraction of sp³-hybridized carbons (Fsp3) is 0.556. The molecular weight excluding hydrogens is 396 g/mol. The highest BCUT2D eigenvalue weighted by molar-refractivity contribution is 7.79. The smallest absolute Gasteiger partial charge is 0.394 e. The summed E-state index contributed by atoms with van der Waals surface area (Å²) in [4.78, 5) is 0. The number of nitrogens with two attached hydrogens (primary N) is 4. The number of hydrogen-bond acceptors (Lipinski definition) is 11. The lowest BCUT2D eigenvalue weighted by Crippen LogP contribution is -2.49. The summed E-state index contributed by atoms with van der Waals surface area (Å²) in [6.07, 6.45) is -6.54. The Morgan fingerprint density at radius 3 is 1.70 bits per heavy atom.